The van der Waals surface area contributed by atoms with Gasteiger partial charge in [-0.15, -0.1) is 0 Å². The van der Waals surface area contributed by atoms with Crippen LogP contribution in [-0.4, -0.2) is 28.5 Å². The number of aromatic nitrogens is 1. The monoisotopic (exact) mass is 394 g/mol. The summed E-state index contributed by atoms with van der Waals surface area (Å²) < 4.78 is 2.27. The minimum absolute atomic E-state index is 0.00539. The van der Waals surface area contributed by atoms with E-state index in [-0.39, 0.29) is 11.8 Å². The number of likely N-dealkylation sites (tertiary alicyclic amines) is 1. The fraction of sp³-hybridized carbons (Fsp3) is 0.375. The maximum absolute atomic E-state index is 13.1. The number of carbonyl (C=O) groups is 1. The van der Waals surface area contributed by atoms with Crippen LogP contribution >= 0.6 is 11.6 Å². The summed E-state index contributed by atoms with van der Waals surface area (Å²) in [6.07, 6.45) is 6.16. The van der Waals surface area contributed by atoms with E-state index in [1.165, 1.54) is 22.9 Å². The highest BCUT2D eigenvalue weighted by atomic mass is 35.5. The average molecular weight is 395 g/mol. The number of carbonyl (C=O) groups excluding carboxylic acids is 1. The molecule has 1 aliphatic heterocycles. The number of fused-ring (bicyclic) bond motifs is 1. The second kappa shape index (κ2) is 8.40. The first-order valence-corrected chi connectivity index (χ1v) is 10.7. The molecule has 1 aliphatic rings. The summed E-state index contributed by atoms with van der Waals surface area (Å²) in [5.41, 5.74) is 3.54. The van der Waals surface area contributed by atoms with Crippen LogP contribution in [0.4, 0.5) is 0 Å². The van der Waals surface area contributed by atoms with Crippen LogP contribution in [-0.2, 0) is 11.3 Å². The summed E-state index contributed by atoms with van der Waals surface area (Å²) in [7, 11) is 0. The summed E-state index contributed by atoms with van der Waals surface area (Å²) >= 11 is 6.31. The molecule has 3 nitrogen and oxygen atoms in total. The number of aryl methyl sites for hydroxylation is 1. The Morgan fingerprint density at radius 1 is 1.07 bits per heavy atom. The van der Waals surface area contributed by atoms with Gasteiger partial charge >= 0.3 is 0 Å². The average Bonchev–Trinajstić information content (AvgIpc) is 3.11. The number of benzene rings is 2. The third kappa shape index (κ3) is 3.81. The molecule has 1 fully saturated rings. The van der Waals surface area contributed by atoms with Gasteiger partial charge in [-0.25, -0.2) is 0 Å². The van der Waals surface area contributed by atoms with E-state index in [2.05, 4.69) is 48.0 Å². The van der Waals surface area contributed by atoms with E-state index in [0.29, 0.717) is 11.4 Å². The van der Waals surface area contributed by atoms with Crippen molar-refractivity contribution in [2.45, 2.75) is 45.1 Å². The Bertz CT molecular complexity index is 972. The minimum atomic E-state index is 0.00539. The molecule has 0 N–H and O–H groups in total. The lowest BCUT2D eigenvalue weighted by Crippen LogP contribution is -2.36. The third-order valence-electron chi connectivity index (χ3n) is 5.87. The predicted octanol–water partition coefficient (Wildman–Crippen LogP) is 5.85. The van der Waals surface area contributed by atoms with E-state index >= 15 is 0 Å². The summed E-state index contributed by atoms with van der Waals surface area (Å²) in [6.45, 7) is 4.84. The second-order valence-electron chi connectivity index (χ2n) is 7.64. The molecule has 0 aliphatic carbocycles. The highest BCUT2D eigenvalue weighted by Crippen LogP contribution is 2.36. The number of rotatable bonds is 5. The molecule has 4 rings (SSSR count). The van der Waals surface area contributed by atoms with Gasteiger partial charge in [-0.05, 0) is 55.5 Å². The fourth-order valence-electron chi connectivity index (χ4n) is 4.39. The van der Waals surface area contributed by atoms with Gasteiger partial charge in [0.1, 0.15) is 0 Å². The zero-order valence-electron chi connectivity index (χ0n) is 16.4. The predicted molar refractivity (Wildman–Crippen MR) is 116 cm³/mol. The molecule has 0 unspecified atom stereocenters. The van der Waals surface area contributed by atoms with Gasteiger partial charge in [0.15, 0.2) is 0 Å². The van der Waals surface area contributed by atoms with E-state index in [1.807, 2.05) is 23.1 Å². The number of nitrogens with zero attached hydrogens (tertiary/aromatic N) is 2. The zero-order chi connectivity index (χ0) is 19.5. The van der Waals surface area contributed by atoms with Crippen molar-refractivity contribution in [3.63, 3.8) is 0 Å². The summed E-state index contributed by atoms with van der Waals surface area (Å²) in [4.78, 5) is 15.2. The Labute approximate surface area is 171 Å². The van der Waals surface area contributed by atoms with Crippen molar-refractivity contribution in [1.29, 1.82) is 0 Å². The zero-order valence-corrected chi connectivity index (χ0v) is 17.2. The topological polar surface area (TPSA) is 25.2 Å². The van der Waals surface area contributed by atoms with Crippen molar-refractivity contribution < 1.29 is 4.79 Å². The van der Waals surface area contributed by atoms with Crippen LogP contribution < -0.4 is 0 Å². The SMILES string of the molecule is CCn1cc([C@@H](CC(=O)N2CCCCC2)c2cccc(Cl)c2)c2ccccc21. The van der Waals surface area contributed by atoms with Crippen molar-refractivity contribution >= 4 is 28.4 Å². The van der Waals surface area contributed by atoms with Crippen LogP contribution in [0.25, 0.3) is 10.9 Å². The normalized spacial score (nSPS) is 15.7. The molecule has 0 spiro atoms. The van der Waals surface area contributed by atoms with Crippen LogP contribution in [0.15, 0.2) is 54.7 Å². The van der Waals surface area contributed by atoms with Gasteiger partial charge < -0.3 is 9.47 Å². The van der Waals surface area contributed by atoms with E-state index in [9.17, 15) is 4.79 Å². The standard InChI is InChI=1S/C24H27ClN2O/c1-2-26-17-22(20-11-4-5-12-23(20)26)21(18-9-8-10-19(25)15-18)16-24(28)27-13-6-3-7-14-27/h4-5,8-12,15,17,21H,2-3,6-7,13-14,16H2,1H3/t21-/m0/s1. The Balaban J connectivity index is 1.76. The first-order chi connectivity index (χ1) is 13.7. The highest BCUT2D eigenvalue weighted by molar-refractivity contribution is 6.30. The number of piperidine rings is 1. The first kappa shape index (κ1) is 19.1. The number of amides is 1. The second-order valence-corrected chi connectivity index (χ2v) is 8.08. The molecule has 2 aromatic carbocycles. The van der Waals surface area contributed by atoms with Crippen LogP contribution in [0.1, 0.15) is 49.7 Å². The van der Waals surface area contributed by atoms with Gasteiger partial charge in [0.2, 0.25) is 5.91 Å². The first-order valence-electron chi connectivity index (χ1n) is 10.3. The smallest absolute Gasteiger partial charge is 0.223 e. The van der Waals surface area contributed by atoms with Crippen LogP contribution in [0.3, 0.4) is 0 Å². The lowest BCUT2D eigenvalue weighted by Gasteiger charge is -2.28. The molecule has 1 aromatic heterocycles. The van der Waals surface area contributed by atoms with Gasteiger partial charge in [0, 0.05) is 54.1 Å². The molecular formula is C24H27ClN2O. The van der Waals surface area contributed by atoms with Gasteiger partial charge in [-0.3, -0.25) is 4.79 Å². The number of halogens is 1. The Morgan fingerprint density at radius 2 is 1.86 bits per heavy atom. The summed E-state index contributed by atoms with van der Waals surface area (Å²) in [6, 6.07) is 16.5. The lowest BCUT2D eigenvalue weighted by atomic mass is 9.87. The summed E-state index contributed by atoms with van der Waals surface area (Å²) in [5, 5.41) is 1.94. The van der Waals surface area contributed by atoms with E-state index in [0.717, 1.165) is 38.0 Å². The summed E-state index contributed by atoms with van der Waals surface area (Å²) in [5.74, 6) is 0.254. The molecule has 146 valence electrons. The van der Waals surface area contributed by atoms with Crippen molar-refractivity contribution in [3.05, 3.63) is 70.9 Å². The molecule has 0 radical (unpaired) electrons. The third-order valence-corrected chi connectivity index (χ3v) is 6.11. The molecule has 0 bridgehead atoms. The molecular weight excluding hydrogens is 368 g/mol. The van der Waals surface area contributed by atoms with E-state index in [1.54, 1.807) is 0 Å². The van der Waals surface area contributed by atoms with Crippen molar-refractivity contribution in [2.24, 2.45) is 0 Å². The molecule has 1 atom stereocenters. The van der Waals surface area contributed by atoms with Crippen LogP contribution in [0.5, 0.6) is 0 Å². The minimum Gasteiger partial charge on any atom is -0.347 e. The fourth-order valence-corrected chi connectivity index (χ4v) is 4.59. The quantitative estimate of drug-likeness (QED) is 0.532. The number of hydrogen-bond acceptors (Lipinski definition) is 1. The van der Waals surface area contributed by atoms with Gasteiger partial charge in [0.05, 0.1) is 0 Å². The number of hydrogen-bond donors (Lipinski definition) is 0. The van der Waals surface area contributed by atoms with E-state index < -0.39 is 0 Å². The molecule has 1 saturated heterocycles. The molecule has 2 heterocycles. The Kier molecular flexibility index (Phi) is 5.72. The maximum Gasteiger partial charge on any atom is 0.223 e. The molecule has 3 aromatic rings. The van der Waals surface area contributed by atoms with Crippen LogP contribution in [0.2, 0.25) is 5.02 Å². The lowest BCUT2D eigenvalue weighted by molar-refractivity contribution is -0.132. The molecule has 28 heavy (non-hydrogen) atoms. The van der Waals surface area contributed by atoms with Crippen molar-refractivity contribution in [1.82, 2.24) is 9.47 Å². The molecule has 1 amide bonds. The van der Waals surface area contributed by atoms with Gasteiger partial charge in [-0.2, -0.15) is 0 Å². The Morgan fingerprint density at radius 3 is 2.61 bits per heavy atom. The van der Waals surface area contributed by atoms with Gasteiger partial charge in [-0.1, -0.05) is 41.9 Å². The number of para-hydroxylation sites is 1. The van der Waals surface area contributed by atoms with Crippen molar-refractivity contribution in [3.8, 4) is 0 Å². The largest absolute Gasteiger partial charge is 0.347 e. The van der Waals surface area contributed by atoms with Gasteiger partial charge in [0.25, 0.3) is 0 Å². The highest BCUT2D eigenvalue weighted by Gasteiger charge is 2.26. The van der Waals surface area contributed by atoms with E-state index in [4.69, 9.17) is 11.6 Å². The molecule has 4 heteroatoms. The Hall–Kier alpha value is -2.26. The maximum atomic E-state index is 13.1. The van der Waals surface area contributed by atoms with Crippen molar-refractivity contribution in [2.75, 3.05) is 13.1 Å². The molecule has 0 saturated carbocycles. The van der Waals surface area contributed by atoms with Crippen LogP contribution in [0, 0.1) is 0 Å².